The molecule has 2 rings (SSSR count). The Labute approximate surface area is 101 Å². The van der Waals surface area contributed by atoms with Crippen molar-refractivity contribution < 1.29 is 14.4 Å². The lowest BCUT2D eigenvalue weighted by Gasteiger charge is -2.41. The van der Waals surface area contributed by atoms with Gasteiger partial charge in [0.1, 0.15) is 5.41 Å². The van der Waals surface area contributed by atoms with Gasteiger partial charge in [-0.2, -0.15) is 0 Å². The van der Waals surface area contributed by atoms with Crippen molar-refractivity contribution in [3.63, 3.8) is 0 Å². The van der Waals surface area contributed by atoms with Crippen LogP contribution in [0.4, 0.5) is 4.79 Å². The lowest BCUT2D eigenvalue weighted by Crippen LogP contribution is -2.64. The van der Waals surface area contributed by atoms with Gasteiger partial charge in [0.25, 0.3) is 0 Å². The number of carbonyl (C=O) groups is 3. The summed E-state index contributed by atoms with van der Waals surface area (Å²) in [5, 5.41) is 2.27. The Morgan fingerprint density at radius 3 is 2.35 bits per heavy atom. The van der Waals surface area contributed by atoms with Gasteiger partial charge < -0.3 is 0 Å². The molecule has 0 spiro atoms. The Kier molecular flexibility index (Phi) is 2.93. The van der Waals surface area contributed by atoms with Gasteiger partial charge in [-0.25, -0.2) is 4.79 Å². The molecule has 1 N–H and O–H groups in total. The van der Waals surface area contributed by atoms with E-state index in [0.29, 0.717) is 0 Å². The summed E-state index contributed by atoms with van der Waals surface area (Å²) in [7, 11) is 1.42. The highest BCUT2D eigenvalue weighted by Crippen LogP contribution is 2.41. The van der Waals surface area contributed by atoms with Crippen LogP contribution in [0.5, 0.6) is 0 Å². The van der Waals surface area contributed by atoms with Crippen LogP contribution in [-0.4, -0.2) is 29.8 Å². The molecule has 2 aliphatic rings. The number of barbiturate groups is 1. The van der Waals surface area contributed by atoms with E-state index < -0.39 is 17.4 Å². The highest BCUT2D eigenvalue weighted by atomic mass is 16.2. The van der Waals surface area contributed by atoms with E-state index in [9.17, 15) is 14.4 Å². The fourth-order valence-corrected chi connectivity index (χ4v) is 2.89. The largest absolute Gasteiger partial charge is 0.330 e. The molecule has 1 aliphatic carbocycles. The zero-order chi connectivity index (χ0) is 12.6. The second-order valence-corrected chi connectivity index (χ2v) is 5.16. The topological polar surface area (TPSA) is 66.5 Å². The van der Waals surface area contributed by atoms with Gasteiger partial charge >= 0.3 is 6.03 Å². The van der Waals surface area contributed by atoms with Crippen molar-refractivity contribution in [2.24, 2.45) is 11.3 Å². The Morgan fingerprint density at radius 2 is 1.76 bits per heavy atom. The Hall–Kier alpha value is -1.39. The molecule has 17 heavy (non-hydrogen) atoms. The Balaban J connectivity index is 2.29. The smallest absolute Gasteiger partial charge is 0.277 e. The average molecular weight is 238 g/mol. The van der Waals surface area contributed by atoms with E-state index in [2.05, 4.69) is 5.32 Å². The third-order valence-corrected chi connectivity index (χ3v) is 4.17. The molecule has 1 saturated carbocycles. The van der Waals surface area contributed by atoms with Crippen molar-refractivity contribution in [2.75, 3.05) is 7.05 Å². The number of amides is 4. The molecule has 4 amide bonds. The summed E-state index contributed by atoms with van der Waals surface area (Å²) in [6.07, 6.45) is 5.05. The Morgan fingerprint density at radius 1 is 1.18 bits per heavy atom. The number of hydrogen-bond donors (Lipinski definition) is 1. The van der Waals surface area contributed by atoms with Crippen LogP contribution in [0, 0.1) is 11.3 Å². The van der Waals surface area contributed by atoms with Gasteiger partial charge in [-0.05, 0) is 25.7 Å². The summed E-state index contributed by atoms with van der Waals surface area (Å²) in [4.78, 5) is 36.6. The van der Waals surface area contributed by atoms with Crippen LogP contribution in [0.1, 0.15) is 39.0 Å². The molecule has 94 valence electrons. The van der Waals surface area contributed by atoms with E-state index in [4.69, 9.17) is 0 Å². The first-order valence-electron chi connectivity index (χ1n) is 6.11. The van der Waals surface area contributed by atoms with E-state index in [1.807, 2.05) is 0 Å². The minimum atomic E-state index is -1.07. The summed E-state index contributed by atoms with van der Waals surface area (Å²) in [5.41, 5.74) is -1.07. The van der Waals surface area contributed by atoms with Crippen molar-refractivity contribution in [1.29, 1.82) is 0 Å². The van der Waals surface area contributed by atoms with Gasteiger partial charge in [0.15, 0.2) is 0 Å². The van der Waals surface area contributed by atoms with Gasteiger partial charge in [0.2, 0.25) is 11.8 Å². The highest BCUT2D eigenvalue weighted by molar-refractivity contribution is 6.18. The van der Waals surface area contributed by atoms with Crippen LogP contribution in [-0.2, 0) is 9.59 Å². The number of urea groups is 1. The van der Waals surface area contributed by atoms with Crippen molar-refractivity contribution >= 4 is 17.8 Å². The summed E-state index contributed by atoms with van der Waals surface area (Å²) in [6.45, 7) is 1.67. The molecule has 1 atom stereocenters. The first kappa shape index (κ1) is 12.1. The predicted molar refractivity (Wildman–Crippen MR) is 61.0 cm³/mol. The third-order valence-electron chi connectivity index (χ3n) is 4.17. The maximum atomic E-state index is 12.2. The first-order chi connectivity index (χ1) is 7.98. The van der Waals surface area contributed by atoms with Crippen LogP contribution in [0.3, 0.4) is 0 Å². The number of rotatable bonds is 1. The van der Waals surface area contributed by atoms with Crippen LogP contribution in [0.15, 0.2) is 0 Å². The molecule has 0 bridgehead atoms. The maximum Gasteiger partial charge on any atom is 0.330 e. The molecule has 0 aromatic heterocycles. The molecule has 1 heterocycles. The monoisotopic (exact) mass is 238 g/mol. The molecule has 0 radical (unpaired) electrons. The van der Waals surface area contributed by atoms with E-state index in [1.54, 1.807) is 6.92 Å². The van der Waals surface area contributed by atoms with E-state index in [0.717, 1.165) is 37.0 Å². The van der Waals surface area contributed by atoms with Crippen LogP contribution in [0.2, 0.25) is 0 Å². The van der Waals surface area contributed by atoms with Crippen molar-refractivity contribution in [2.45, 2.75) is 39.0 Å². The van der Waals surface area contributed by atoms with Gasteiger partial charge in [-0.3, -0.25) is 19.8 Å². The molecule has 1 aliphatic heterocycles. The number of imide groups is 2. The SMILES string of the molecule is CN1C(=O)NC(=O)C(C)(C2CCCCC2)C1=O. The molecule has 1 unspecified atom stereocenters. The summed E-state index contributed by atoms with van der Waals surface area (Å²) in [6, 6.07) is -0.617. The van der Waals surface area contributed by atoms with Gasteiger partial charge in [-0.15, -0.1) is 0 Å². The molecular weight excluding hydrogens is 220 g/mol. The Bertz CT molecular complexity index is 374. The number of carbonyl (C=O) groups excluding carboxylic acids is 3. The quantitative estimate of drug-likeness (QED) is 0.700. The number of nitrogens with one attached hydrogen (secondary N) is 1. The standard InChI is InChI=1S/C12H18N2O3/c1-12(8-6-4-3-5-7-8)9(15)13-11(17)14(2)10(12)16/h8H,3-7H2,1-2H3,(H,13,15,17). The number of nitrogens with zero attached hydrogens (tertiary/aromatic N) is 1. The summed E-state index contributed by atoms with van der Waals surface area (Å²) < 4.78 is 0. The van der Waals surface area contributed by atoms with Crippen LogP contribution in [0.25, 0.3) is 0 Å². The number of hydrogen-bond acceptors (Lipinski definition) is 3. The molecule has 5 nitrogen and oxygen atoms in total. The third kappa shape index (κ3) is 1.73. The highest BCUT2D eigenvalue weighted by Gasteiger charge is 2.53. The zero-order valence-corrected chi connectivity index (χ0v) is 10.3. The minimum Gasteiger partial charge on any atom is -0.277 e. The minimum absolute atomic E-state index is 0.0549. The fourth-order valence-electron chi connectivity index (χ4n) is 2.89. The van der Waals surface area contributed by atoms with Crippen molar-refractivity contribution in [3.05, 3.63) is 0 Å². The maximum absolute atomic E-state index is 12.2. The van der Waals surface area contributed by atoms with E-state index >= 15 is 0 Å². The molecular formula is C12H18N2O3. The second-order valence-electron chi connectivity index (χ2n) is 5.16. The molecule has 1 saturated heterocycles. The van der Waals surface area contributed by atoms with E-state index in [1.165, 1.54) is 7.05 Å². The molecule has 5 heteroatoms. The molecule has 2 fully saturated rings. The summed E-state index contributed by atoms with van der Waals surface area (Å²) in [5.74, 6) is -0.741. The van der Waals surface area contributed by atoms with Gasteiger partial charge in [0.05, 0.1) is 0 Å². The average Bonchev–Trinajstić information content (AvgIpc) is 2.35. The first-order valence-corrected chi connectivity index (χ1v) is 6.11. The normalized spacial score (nSPS) is 31.6. The van der Waals surface area contributed by atoms with Gasteiger partial charge in [-0.1, -0.05) is 19.3 Å². The van der Waals surface area contributed by atoms with Crippen molar-refractivity contribution in [1.82, 2.24) is 10.2 Å². The van der Waals surface area contributed by atoms with Crippen LogP contribution < -0.4 is 5.32 Å². The van der Waals surface area contributed by atoms with E-state index in [-0.39, 0.29) is 11.8 Å². The molecule has 0 aromatic carbocycles. The van der Waals surface area contributed by atoms with Crippen LogP contribution >= 0.6 is 0 Å². The lowest BCUT2D eigenvalue weighted by atomic mass is 9.68. The zero-order valence-electron chi connectivity index (χ0n) is 10.3. The second kappa shape index (κ2) is 4.13. The summed E-state index contributed by atoms with van der Waals surface area (Å²) >= 11 is 0. The molecule has 0 aromatic rings. The van der Waals surface area contributed by atoms with Crippen molar-refractivity contribution in [3.8, 4) is 0 Å². The fraction of sp³-hybridized carbons (Fsp3) is 0.750. The lowest BCUT2D eigenvalue weighted by molar-refractivity contribution is -0.154. The van der Waals surface area contributed by atoms with Gasteiger partial charge in [0, 0.05) is 7.05 Å². The predicted octanol–water partition coefficient (Wildman–Crippen LogP) is 1.28.